The smallest absolute Gasteiger partial charge is 0.0207 e. The first-order valence-corrected chi connectivity index (χ1v) is 5.97. The second-order valence-electron chi connectivity index (χ2n) is 3.65. The lowest BCUT2D eigenvalue weighted by molar-refractivity contribution is 0.927. The Morgan fingerprint density at radius 1 is 1.43 bits per heavy atom. The van der Waals surface area contributed by atoms with E-state index in [1.54, 1.807) is 0 Å². The monoisotopic (exact) mass is 255 g/mol. The fourth-order valence-corrected chi connectivity index (χ4v) is 2.39. The third-order valence-corrected chi connectivity index (χ3v) is 3.22. The van der Waals surface area contributed by atoms with Gasteiger partial charge in [-0.15, -0.1) is 0 Å². The molecule has 1 fully saturated rings. The van der Waals surface area contributed by atoms with Crippen LogP contribution in [0.25, 0.3) is 0 Å². The Labute approximate surface area is 94.9 Å². The van der Waals surface area contributed by atoms with Crippen LogP contribution < -0.4 is 5.73 Å². The van der Waals surface area contributed by atoms with Gasteiger partial charge in [0, 0.05) is 10.2 Å². The Morgan fingerprint density at radius 2 is 2.07 bits per heavy atom. The maximum Gasteiger partial charge on any atom is 0.0207 e. The Hall–Kier alpha value is -0.500. The molecule has 0 radical (unpaired) electrons. The summed E-state index contributed by atoms with van der Waals surface area (Å²) in [4.78, 5) is 0. The van der Waals surface area contributed by atoms with E-state index >= 15 is 0 Å². The molecule has 1 saturated carbocycles. The molecule has 0 saturated heterocycles. The van der Waals surface area contributed by atoms with E-state index in [0.29, 0.717) is 0 Å². The zero-order valence-corrected chi connectivity index (χ0v) is 10.5. The molecule has 0 atom stereocenters. The molecule has 0 unspecified atom stereocenters. The average Bonchev–Trinajstić information content (AvgIpc) is 2.62. The van der Waals surface area contributed by atoms with Crippen LogP contribution in [0.15, 0.2) is 33.5 Å². The van der Waals surface area contributed by atoms with Crippen molar-refractivity contribution in [2.24, 2.45) is 5.73 Å². The average molecular weight is 256 g/mol. The topological polar surface area (TPSA) is 26.0 Å². The lowest BCUT2D eigenvalue weighted by atomic mass is 10.1. The van der Waals surface area contributed by atoms with E-state index in [0.717, 1.165) is 25.0 Å². The minimum absolute atomic E-state index is 0.972. The zero-order chi connectivity index (χ0) is 10.6. The molecule has 2 heteroatoms. The highest BCUT2D eigenvalue weighted by atomic mass is 79.9. The lowest BCUT2D eigenvalue weighted by Crippen LogP contribution is -1.97. The molecule has 0 aromatic heterocycles. The maximum atomic E-state index is 5.86. The van der Waals surface area contributed by atoms with Crippen molar-refractivity contribution in [1.82, 2.24) is 0 Å². The molecular formula is C12H18BrN. The van der Waals surface area contributed by atoms with Crippen molar-refractivity contribution in [2.45, 2.75) is 39.5 Å². The summed E-state index contributed by atoms with van der Waals surface area (Å²) in [6.07, 6.45) is 8.89. The molecule has 0 aliphatic heterocycles. The fourth-order valence-electron chi connectivity index (χ4n) is 1.76. The summed E-state index contributed by atoms with van der Waals surface area (Å²) < 4.78 is 1.21. The highest BCUT2D eigenvalue weighted by molar-refractivity contribution is 9.11. The second-order valence-corrected chi connectivity index (χ2v) is 4.51. The van der Waals surface area contributed by atoms with Gasteiger partial charge in [-0.3, -0.25) is 0 Å². The van der Waals surface area contributed by atoms with Crippen molar-refractivity contribution < 1.29 is 0 Å². The van der Waals surface area contributed by atoms with Crippen molar-refractivity contribution in [1.29, 1.82) is 0 Å². The number of rotatable bonds is 2. The summed E-state index contributed by atoms with van der Waals surface area (Å²) in [5.41, 5.74) is 9.57. The van der Waals surface area contributed by atoms with Gasteiger partial charge >= 0.3 is 0 Å². The van der Waals surface area contributed by atoms with E-state index in [-0.39, 0.29) is 0 Å². The van der Waals surface area contributed by atoms with Gasteiger partial charge in [-0.25, -0.2) is 0 Å². The molecular weight excluding hydrogens is 238 g/mol. The molecule has 0 amide bonds. The molecule has 0 aromatic carbocycles. The van der Waals surface area contributed by atoms with Crippen LogP contribution in [0.2, 0.25) is 0 Å². The predicted octanol–water partition coefficient (Wildman–Crippen LogP) is 4.02. The van der Waals surface area contributed by atoms with E-state index in [4.69, 9.17) is 5.73 Å². The van der Waals surface area contributed by atoms with E-state index < -0.39 is 0 Å². The summed E-state index contributed by atoms with van der Waals surface area (Å²) in [6, 6.07) is 0. The summed E-state index contributed by atoms with van der Waals surface area (Å²) in [7, 11) is 0. The van der Waals surface area contributed by atoms with Gasteiger partial charge in [0.05, 0.1) is 0 Å². The molecule has 1 nitrogen and oxygen atoms in total. The fraction of sp³-hybridized carbons (Fsp3) is 0.500. The molecule has 14 heavy (non-hydrogen) atoms. The highest BCUT2D eigenvalue weighted by Crippen LogP contribution is 2.36. The van der Waals surface area contributed by atoms with E-state index in [2.05, 4.69) is 35.0 Å². The van der Waals surface area contributed by atoms with Crippen LogP contribution in [0, 0.1) is 0 Å². The van der Waals surface area contributed by atoms with Crippen molar-refractivity contribution in [3.63, 3.8) is 0 Å². The molecule has 0 spiro atoms. The molecule has 0 aromatic rings. The SMILES string of the molecule is CC/C=C/C(Br)=C1/CCC/C1=C(/C)N. The van der Waals surface area contributed by atoms with E-state index in [1.807, 2.05) is 6.92 Å². The number of allylic oxidation sites excluding steroid dienone is 6. The van der Waals surface area contributed by atoms with E-state index in [1.165, 1.54) is 22.0 Å². The Bertz CT molecular complexity index is 293. The lowest BCUT2D eigenvalue weighted by Gasteiger charge is -2.05. The zero-order valence-electron chi connectivity index (χ0n) is 8.94. The van der Waals surface area contributed by atoms with Gasteiger partial charge in [0.15, 0.2) is 0 Å². The normalized spacial score (nSPS) is 24.5. The first kappa shape index (κ1) is 11.6. The van der Waals surface area contributed by atoms with Gasteiger partial charge < -0.3 is 5.73 Å². The first-order chi connectivity index (χ1) is 6.66. The van der Waals surface area contributed by atoms with Crippen LogP contribution >= 0.6 is 15.9 Å². The van der Waals surface area contributed by atoms with Gasteiger partial charge in [-0.1, -0.05) is 35.0 Å². The van der Waals surface area contributed by atoms with Crippen LogP contribution in [0.3, 0.4) is 0 Å². The molecule has 0 bridgehead atoms. The largest absolute Gasteiger partial charge is 0.402 e. The van der Waals surface area contributed by atoms with Gasteiger partial charge in [-0.2, -0.15) is 0 Å². The molecule has 2 N–H and O–H groups in total. The van der Waals surface area contributed by atoms with Crippen LogP contribution in [-0.2, 0) is 0 Å². The van der Waals surface area contributed by atoms with Gasteiger partial charge in [0.2, 0.25) is 0 Å². The highest BCUT2D eigenvalue weighted by Gasteiger charge is 2.17. The quantitative estimate of drug-likeness (QED) is 0.793. The predicted molar refractivity (Wildman–Crippen MR) is 66.1 cm³/mol. The molecule has 1 aliphatic rings. The molecule has 1 rings (SSSR count). The number of hydrogen-bond acceptors (Lipinski definition) is 1. The van der Waals surface area contributed by atoms with Gasteiger partial charge in [-0.05, 0) is 43.8 Å². The van der Waals surface area contributed by atoms with Crippen molar-refractivity contribution >= 4 is 15.9 Å². The summed E-state index contributed by atoms with van der Waals surface area (Å²) >= 11 is 3.62. The molecule has 1 aliphatic carbocycles. The van der Waals surface area contributed by atoms with Crippen molar-refractivity contribution in [2.75, 3.05) is 0 Å². The van der Waals surface area contributed by atoms with Gasteiger partial charge in [0.25, 0.3) is 0 Å². The van der Waals surface area contributed by atoms with Crippen LogP contribution in [-0.4, -0.2) is 0 Å². The third-order valence-electron chi connectivity index (χ3n) is 2.48. The molecule has 0 heterocycles. The van der Waals surface area contributed by atoms with Crippen LogP contribution in [0.1, 0.15) is 39.5 Å². The third kappa shape index (κ3) is 2.74. The minimum atomic E-state index is 0.972. The Kier molecular flexibility index (Phi) is 4.46. The summed E-state index contributed by atoms with van der Waals surface area (Å²) in [6.45, 7) is 4.13. The van der Waals surface area contributed by atoms with Crippen LogP contribution in [0.4, 0.5) is 0 Å². The minimum Gasteiger partial charge on any atom is -0.402 e. The maximum absolute atomic E-state index is 5.86. The number of halogens is 1. The first-order valence-electron chi connectivity index (χ1n) is 5.17. The van der Waals surface area contributed by atoms with Crippen LogP contribution in [0.5, 0.6) is 0 Å². The second kappa shape index (κ2) is 5.40. The Morgan fingerprint density at radius 3 is 2.64 bits per heavy atom. The van der Waals surface area contributed by atoms with Crippen molar-refractivity contribution in [3.8, 4) is 0 Å². The van der Waals surface area contributed by atoms with E-state index in [9.17, 15) is 0 Å². The Balaban J connectivity index is 2.95. The summed E-state index contributed by atoms with van der Waals surface area (Å²) in [5.74, 6) is 0. The standard InChI is InChI=1S/C12H18BrN/c1-3-4-8-12(13)11-7-5-6-10(11)9(2)14/h4,8H,3,5-7,14H2,1-2H3/b8-4+,10-9+,12-11+. The number of nitrogens with two attached hydrogens (primary N) is 1. The summed E-state index contributed by atoms with van der Waals surface area (Å²) in [5, 5.41) is 0. The number of hydrogen-bond donors (Lipinski definition) is 1. The molecule has 78 valence electrons. The van der Waals surface area contributed by atoms with Crippen molar-refractivity contribution in [3.05, 3.63) is 33.5 Å². The van der Waals surface area contributed by atoms with Gasteiger partial charge in [0.1, 0.15) is 0 Å².